The number of nitrogens with zero attached hydrogens (tertiary/aromatic N) is 6. The van der Waals surface area contributed by atoms with Crippen LogP contribution < -0.4 is 20.4 Å². The molecular weight excluding hydrogens is 609 g/mol. The van der Waals surface area contributed by atoms with E-state index in [0.29, 0.717) is 49.1 Å². The first-order chi connectivity index (χ1) is 21.2. The van der Waals surface area contributed by atoms with Gasteiger partial charge in [0.25, 0.3) is 0 Å². The first-order valence-corrected chi connectivity index (χ1v) is 15.1. The van der Waals surface area contributed by atoms with Crippen molar-refractivity contribution in [1.82, 2.24) is 20.1 Å². The zero-order chi connectivity index (χ0) is 32.7. The first kappa shape index (κ1) is 32.5. The van der Waals surface area contributed by atoms with E-state index in [1.807, 2.05) is 0 Å². The van der Waals surface area contributed by atoms with Crippen molar-refractivity contribution >= 4 is 40.6 Å². The number of rotatable bonds is 6. The summed E-state index contributed by atoms with van der Waals surface area (Å²) in [6.45, 7) is 11.5. The minimum atomic E-state index is -4.76. The van der Waals surface area contributed by atoms with Gasteiger partial charge in [0.2, 0.25) is 11.8 Å². The lowest BCUT2D eigenvalue weighted by atomic mass is 9.85. The fraction of sp³-hybridized carbons (Fsp3) is 0.484. The Kier molecular flexibility index (Phi) is 9.04. The van der Waals surface area contributed by atoms with E-state index < -0.39 is 23.3 Å². The number of benzene rings is 1. The number of nitriles is 1. The zero-order valence-electron chi connectivity index (χ0n) is 25.4. The lowest BCUT2D eigenvalue weighted by Gasteiger charge is -2.56. The number of amides is 2. The molecule has 2 fully saturated rings. The van der Waals surface area contributed by atoms with Gasteiger partial charge in [-0.1, -0.05) is 24.2 Å². The van der Waals surface area contributed by atoms with Crippen molar-refractivity contribution in [2.75, 3.05) is 68.0 Å². The minimum absolute atomic E-state index is 0.0701. The van der Waals surface area contributed by atoms with Gasteiger partial charge in [-0.2, -0.15) is 18.4 Å². The summed E-state index contributed by atoms with van der Waals surface area (Å²) < 4.78 is 41.3. The van der Waals surface area contributed by atoms with Crippen LogP contribution in [0.15, 0.2) is 36.9 Å². The molecule has 0 bridgehead atoms. The molecule has 3 aliphatic rings. The summed E-state index contributed by atoms with van der Waals surface area (Å²) in [6, 6.07) is 6.99. The predicted octanol–water partition coefficient (Wildman–Crippen LogP) is 3.65. The molecule has 1 spiro atoms. The van der Waals surface area contributed by atoms with Gasteiger partial charge in [0, 0.05) is 64.6 Å². The van der Waals surface area contributed by atoms with Crippen LogP contribution in [0.3, 0.4) is 0 Å². The van der Waals surface area contributed by atoms with Gasteiger partial charge in [-0.15, -0.1) is 0 Å². The van der Waals surface area contributed by atoms with E-state index in [1.165, 1.54) is 17.9 Å². The molecule has 2 N–H and O–H groups in total. The summed E-state index contributed by atoms with van der Waals surface area (Å²) in [4.78, 5) is 37.6. The van der Waals surface area contributed by atoms with Crippen molar-refractivity contribution in [3.05, 3.63) is 58.8 Å². The van der Waals surface area contributed by atoms with Crippen LogP contribution in [0.25, 0.3) is 0 Å². The van der Waals surface area contributed by atoms with Crippen molar-refractivity contribution in [3.63, 3.8) is 0 Å². The van der Waals surface area contributed by atoms with E-state index in [1.54, 1.807) is 36.2 Å². The molecule has 45 heavy (non-hydrogen) atoms. The molecule has 2 aromatic rings. The van der Waals surface area contributed by atoms with E-state index in [2.05, 4.69) is 38.9 Å². The fourth-order valence-corrected chi connectivity index (χ4v) is 6.97. The lowest BCUT2D eigenvalue weighted by Crippen LogP contribution is -2.78. The molecule has 240 valence electrons. The van der Waals surface area contributed by atoms with Gasteiger partial charge in [-0.3, -0.25) is 14.5 Å². The highest BCUT2D eigenvalue weighted by molar-refractivity contribution is 6.34. The minimum Gasteiger partial charge on any atom is -0.367 e. The molecule has 10 nitrogen and oxygen atoms in total. The summed E-state index contributed by atoms with van der Waals surface area (Å²) in [6.07, 6.45) is -3.21. The topological polar surface area (TPSA) is 108 Å². The molecule has 1 aromatic heterocycles. The van der Waals surface area contributed by atoms with Crippen LogP contribution in [0.4, 0.5) is 30.4 Å². The number of para-hydroxylation sites is 1. The van der Waals surface area contributed by atoms with E-state index in [4.69, 9.17) is 11.6 Å². The molecule has 5 rings (SSSR count). The quantitative estimate of drug-likeness (QED) is 0.459. The van der Waals surface area contributed by atoms with Crippen LogP contribution >= 0.6 is 11.6 Å². The van der Waals surface area contributed by atoms with Crippen molar-refractivity contribution in [3.8, 4) is 6.07 Å². The largest absolute Gasteiger partial charge is 0.417 e. The summed E-state index contributed by atoms with van der Waals surface area (Å²) in [5, 5.41) is 16.7. The monoisotopic (exact) mass is 644 g/mol. The zero-order valence-corrected chi connectivity index (χ0v) is 26.2. The molecule has 14 heteroatoms. The molecule has 0 unspecified atom stereocenters. The number of halogens is 4. The van der Waals surface area contributed by atoms with Crippen molar-refractivity contribution in [2.24, 2.45) is 0 Å². The van der Waals surface area contributed by atoms with E-state index in [0.717, 1.165) is 19.2 Å². The number of carbonyl (C=O) groups excluding carboxylic acids is 2. The van der Waals surface area contributed by atoms with Gasteiger partial charge in [0.1, 0.15) is 23.5 Å². The normalized spacial score (nSPS) is 21.8. The van der Waals surface area contributed by atoms with Gasteiger partial charge >= 0.3 is 6.18 Å². The van der Waals surface area contributed by atoms with Crippen molar-refractivity contribution < 1.29 is 22.8 Å². The Labute approximate surface area is 265 Å². The molecular formula is C31H36ClF3N8O2. The molecule has 0 saturated carbocycles. The average Bonchev–Trinajstić information content (AvgIpc) is 2.96. The van der Waals surface area contributed by atoms with Crippen LogP contribution in [-0.4, -0.2) is 97.1 Å². The highest BCUT2D eigenvalue weighted by Gasteiger charge is 2.48. The van der Waals surface area contributed by atoms with Crippen LogP contribution in [0.2, 0.25) is 5.02 Å². The number of anilines is 3. The molecule has 3 aliphatic heterocycles. The maximum absolute atomic E-state index is 13.8. The Morgan fingerprint density at radius 3 is 2.71 bits per heavy atom. The van der Waals surface area contributed by atoms with Crippen LogP contribution in [0, 0.1) is 18.3 Å². The highest BCUT2D eigenvalue weighted by atomic mass is 35.5. The third-order valence-electron chi connectivity index (χ3n) is 8.61. The second kappa shape index (κ2) is 12.5. The van der Waals surface area contributed by atoms with Crippen molar-refractivity contribution in [2.45, 2.75) is 44.1 Å². The molecule has 4 heterocycles. The number of aryl methyl sites for hydroxylation is 1. The second-order valence-electron chi connectivity index (χ2n) is 12.1. The SMILES string of the molecule is C=CC(=O)N1CC2(CN(CCN3CC[C@H](Nc4nc(C)cc(C(F)(F)F)c4C#N)C(=O)N(C)c4cccc(Cl)c43)C[C@@H](C)N2)C1. The summed E-state index contributed by atoms with van der Waals surface area (Å²) >= 11 is 6.72. The van der Waals surface area contributed by atoms with Crippen molar-refractivity contribution in [1.29, 1.82) is 5.26 Å². The van der Waals surface area contributed by atoms with E-state index in [-0.39, 0.29) is 41.3 Å². The molecule has 2 amide bonds. The standard InChI is InChI=1S/C31H36ClF3N8O2/c1-5-26(44)43-17-30(18-43)16-41(15-20(3)39-30)11-12-42-10-9-24(29(45)40(4)25-8-6-7-23(32)27(25)42)38-28-21(14-36)22(31(33,34)35)13-19(2)37-28/h5-8,13,20,24,39H,1,9-12,15-18H2,2-4H3,(H,37,38)/t20-,24+/m1/s1. The number of hydrogen-bond donors (Lipinski definition) is 2. The molecule has 2 atom stereocenters. The van der Waals surface area contributed by atoms with Crippen LogP contribution in [0.5, 0.6) is 0 Å². The lowest BCUT2D eigenvalue weighted by molar-refractivity contribution is -0.138. The highest BCUT2D eigenvalue weighted by Crippen LogP contribution is 2.39. The smallest absolute Gasteiger partial charge is 0.367 e. The number of nitrogens with one attached hydrogen (secondary N) is 2. The number of likely N-dealkylation sites (N-methyl/N-ethyl adjacent to an activating group) is 1. The van der Waals surface area contributed by atoms with Gasteiger partial charge in [0.05, 0.1) is 27.5 Å². The van der Waals surface area contributed by atoms with Crippen LogP contribution in [-0.2, 0) is 15.8 Å². The van der Waals surface area contributed by atoms with Gasteiger partial charge in [-0.05, 0) is 44.5 Å². The summed E-state index contributed by atoms with van der Waals surface area (Å²) in [7, 11) is 1.60. The van der Waals surface area contributed by atoms with E-state index >= 15 is 0 Å². The number of alkyl halides is 3. The molecule has 2 saturated heterocycles. The number of fused-ring (bicyclic) bond motifs is 1. The number of aromatic nitrogens is 1. The number of carbonyl (C=O) groups is 2. The Bertz CT molecular complexity index is 1540. The second-order valence-corrected chi connectivity index (χ2v) is 12.5. The van der Waals surface area contributed by atoms with Crippen LogP contribution in [0.1, 0.15) is 30.2 Å². The Morgan fingerprint density at radius 2 is 2.04 bits per heavy atom. The number of pyridine rings is 1. The number of likely N-dealkylation sites (tertiary alicyclic amines) is 1. The first-order valence-electron chi connectivity index (χ1n) is 14.7. The van der Waals surface area contributed by atoms with Gasteiger partial charge in [0.15, 0.2) is 0 Å². The number of hydrogen-bond acceptors (Lipinski definition) is 8. The molecule has 1 aromatic carbocycles. The maximum atomic E-state index is 13.8. The molecule has 0 aliphatic carbocycles. The van der Waals surface area contributed by atoms with Gasteiger partial charge in [-0.25, -0.2) is 4.98 Å². The Hall–Kier alpha value is -3.86. The predicted molar refractivity (Wildman–Crippen MR) is 166 cm³/mol. The Morgan fingerprint density at radius 1 is 1.31 bits per heavy atom. The average molecular weight is 645 g/mol. The fourth-order valence-electron chi connectivity index (χ4n) is 6.68. The third kappa shape index (κ3) is 6.59. The molecule has 0 radical (unpaired) electrons. The number of piperazine rings is 1. The maximum Gasteiger partial charge on any atom is 0.417 e. The third-order valence-corrected chi connectivity index (χ3v) is 8.91. The summed E-state index contributed by atoms with van der Waals surface area (Å²) in [5.74, 6) is -0.752. The van der Waals surface area contributed by atoms with Gasteiger partial charge < -0.3 is 25.3 Å². The Balaban J connectivity index is 1.38. The summed E-state index contributed by atoms with van der Waals surface area (Å²) in [5.41, 5.74) is -0.619. The van der Waals surface area contributed by atoms with E-state index in [9.17, 15) is 28.0 Å².